The summed E-state index contributed by atoms with van der Waals surface area (Å²) in [5, 5.41) is 13.7. The number of methoxy groups -OCH3 is 1. The normalized spacial score (nSPS) is 10.3. The fourth-order valence-electron chi connectivity index (χ4n) is 2.57. The molecule has 0 saturated heterocycles. The van der Waals surface area contributed by atoms with E-state index in [-0.39, 0.29) is 11.5 Å². The maximum Gasteiger partial charge on any atom is 0.337 e. The Kier molecular flexibility index (Phi) is 6.47. The Morgan fingerprint density at radius 2 is 1.83 bits per heavy atom. The van der Waals surface area contributed by atoms with Crippen LogP contribution in [0.5, 0.6) is 0 Å². The molecule has 0 fully saturated rings. The fraction of sp³-hybridized carbons (Fsp3) is 0.143. The topological polar surface area (TPSA) is 93.2 Å². The van der Waals surface area contributed by atoms with E-state index in [2.05, 4.69) is 25.6 Å². The van der Waals surface area contributed by atoms with Gasteiger partial charge in [0.15, 0.2) is 5.69 Å². The lowest BCUT2D eigenvalue weighted by molar-refractivity contribution is 0.0600. The fourth-order valence-corrected chi connectivity index (χ4v) is 2.57. The molecule has 1 heterocycles. The molecule has 29 heavy (non-hydrogen) atoms. The summed E-state index contributed by atoms with van der Waals surface area (Å²) in [5.41, 5.74) is 1.91. The smallest absolute Gasteiger partial charge is 0.337 e. The molecule has 8 heteroatoms. The summed E-state index contributed by atoms with van der Waals surface area (Å²) in [6.45, 7) is 0.589. The number of nitrogens with one attached hydrogen (secondary N) is 2. The third-order valence-corrected chi connectivity index (χ3v) is 4.07. The van der Waals surface area contributed by atoms with E-state index in [0.29, 0.717) is 30.0 Å². The van der Waals surface area contributed by atoms with Crippen molar-refractivity contribution in [3.05, 3.63) is 83.3 Å². The summed E-state index contributed by atoms with van der Waals surface area (Å²) in [5.74, 6) is -0.677. The number of esters is 1. The second kappa shape index (κ2) is 9.41. The summed E-state index contributed by atoms with van der Waals surface area (Å²) in [6.07, 6.45) is 0.695. The Morgan fingerprint density at radius 1 is 1.03 bits per heavy atom. The van der Waals surface area contributed by atoms with Gasteiger partial charge in [-0.3, -0.25) is 4.79 Å². The second-order valence-corrected chi connectivity index (χ2v) is 6.13. The molecule has 3 rings (SSSR count). The lowest BCUT2D eigenvalue weighted by Gasteiger charge is -2.07. The predicted molar refractivity (Wildman–Crippen MR) is 106 cm³/mol. The Labute approximate surface area is 166 Å². The molecule has 1 aromatic heterocycles. The molecule has 0 unspecified atom stereocenters. The number of halogens is 1. The molecule has 0 aliphatic rings. The van der Waals surface area contributed by atoms with E-state index in [9.17, 15) is 14.0 Å². The first-order valence-electron chi connectivity index (χ1n) is 8.87. The van der Waals surface area contributed by atoms with Crippen LogP contribution < -0.4 is 10.6 Å². The maximum atomic E-state index is 12.9. The number of aromatic nitrogens is 2. The molecule has 2 aromatic carbocycles. The van der Waals surface area contributed by atoms with Crippen LogP contribution in [0.25, 0.3) is 0 Å². The van der Waals surface area contributed by atoms with Gasteiger partial charge >= 0.3 is 5.97 Å². The summed E-state index contributed by atoms with van der Waals surface area (Å²) in [6, 6.07) is 15.9. The van der Waals surface area contributed by atoms with Crippen molar-refractivity contribution in [2.45, 2.75) is 6.42 Å². The lowest BCUT2D eigenvalue weighted by atomic mass is 10.1. The third-order valence-electron chi connectivity index (χ3n) is 4.07. The first kappa shape index (κ1) is 19.9. The van der Waals surface area contributed by atoms with Crippen LogP contribution in [0, 0.1) is 5.82 Å². The zero-order chi connectivity index (χ0) is 20.6. The largest absolute Gasteiger partial charge is 0.465 e. The number of ether oxygens (including phenoxy) is 1. The Hall–Kier alpha value is -3.81. The Bertz CT molecular complexity index is 992. The highest BCUT2D eigenvalue weighted by molar-refractivity contribution is 6.03. The van der Waals surface area contributed by atoms with Crippen molar-refractivity contribution in [3.8, 4) is 0 Å². The van der Waals surface area contributed by atoms with Crippen LogP contribution in [-0.2, 0) is 11.2 Å². The number of anilines is 2. The van der Waals surface area contributed by atoms with Gasteiger partial charge in [0.1, 0.15) is 11.6 Å². The van der Waals surface area contributed by atoms with Crippen LogP contribution >= 0.6 is 0 Å². The van der Waals surface area contributed by atoms with Crippen molar-refractivity contribution >= 4 is 23.4 Å². The molecular formula is C21H19FN4O3. The van der Waals surface area contributed by atoms with Crippen LogP contribution in [0.4, 0.5) is 15.9 Å². The monoisotopic (exact) mass is 394 g/mol. The molecule has 0 atom stereocenters. The molecule has 3 aromatic rings. The van der Waals surface area contributed by atoms with Crippen LogP contribution in [0.1, 0.15) is 26.4 Å². The molecular weight excluding hydrogens is 375 g/mol. The SMILES string of the molecule is COC(=O)c1cccc(NC(=O)c2ccc(NCCc3ccc(F)cc3)nn2)c1. The van der Waals surface area contributed by atoms with E-state index >= 15 is 0 Å². The zero-order valence-corrected chi connectivity index (χ0v) is 15.7. The van der Waals surface area contributed by atoms with Crippen molar-refractivity contribution in [2.24, 2.45) is 0 Å². The highest BCUT2D eigenvalue weighted by Gasteiger charge is 2.11. The van der Waals surface area contributed by atoms with E-state index in [1.807, 2.05) is 0 Å². The summed E-state index contributed by atoms with van der Waals surface area (Å²) in [4.78, 5) is 23.9. The molecule has 0 aliphatic carbocycles. The van der Waals surface area contributed by atoms with Crippen molar-refractivity contribution < 1.29 is 18.7 Å². The quantitative estimate of drug-likeness (QED) is 0.597. The zero-order valence-electron chi connectivity index (χ0n) is 15.7. The number of hydrogen-bond acceptors (Lipinski definition) is 6. The number of amides is 1. The van der Waals surface area contributed by atoms with Gasteiger partial charge in [-0.15, -0.1) is 10.2 Å². The molecule has 0 saturated carbocycles. The minimum Gasteiger partial charge on any atom is -0.465 e. The van der Waals surface area contributed by atoms with Crippen molar-refractivity contribution in [3.63, 3.8) is 0 Å². The van der Waals surface area contributed by atoms with Crippen LogP contribution in [-0.4, -0.2) is 35.7 Å². The number of nitrogens with zero attached hydrogens (tertiary/aromatic N) is 2. The van der Waals surface area contributed by atoms with E-state index in [0.717, 1.165) is 5.56 Å². The molecule has 0 radical (unpaired) electrons. The van der Waals surface area contributed by atoms with Gasteiger partial charge in [0.25, 0.3) is 5.91 Å². The number of hydrogen-bond donors (Lipinski definition) is 2. The van der Waals surface area contributed by atoms with Crippen LogP contribution in [0.15, 0.2) is 60.7 Å². The number of benzene rings is 2. The van der Waals surface area contributed by atoms with E-state index in [4.69, 9.17) is 0 Å². The van der Waals surface area contributed by atoms with E-state index in [1.54, 1.807) is 42.5 Å². The number of carbonyl (C=O) groups excluding carboxylic acids is 2. The standard InChI is InChI=1S/C21H19FN4O3/c1-29-21(28)15-3-2-4-17(13-15)24-20(27)18-9-10-19(26-25-18)23-12-11-14-5-7-16(22)8-6-14/h2-10,13H,11-12H2,1H3,(H,23,26)(H,24,27). The minimum atomic E-state index is -0.489. The van der Waals surface area contributed by atoms with Gasteiger partial charge in [-0.05, 0) is 54.4 Å². The van der Waals surface area contributed by atoms with E-state index in [1.165, 1.54) is 25.3 Å². The molecule has 148 valence electrons. The summed E-state index contributed by atoms with van der Waals surface area (Å²) in [7, 11) is 1.29. The average molecular weight is 394 g/mol. The van der Waals surface area contributed by atoms with Crippen LogP contribution in [0.2, 0.25) is 0 Å². The number of rotatable bonds is 7. The second-order valence-electron chi connectivity index (χ2n) is 6.13. The van der Waals surface area contributed by atoms with Crippen LogP contribution in [0.3, 0.4) is 0 Å². The number of carbonyl (C=O) groups is 2. The maximum absolute atomic E-state index is 12.9. The molecule has 7 nitrogen and oxygen atoms in total. The highest BCUT2D eigenvalue weighted by Crippen LogP contribution is 2.13. The molecule has 0 spiro atoms. The van der Waals surface area contributed by atoms with Crippen molar-refractivity contribution in [2.75, 3.05) is 24.3 Å². The first-order valence-corrected chi connectivity index (χ1v) is 8.87. The third kappa shape index (κ3) is 5.58. The molecule has 1 amide bonds. The first-order chi connectivity index (χ1) is 14.0. The van der Waals surface area contributed by atoms with Gasteiger partial charge in [-0.1, -0.05) is 18.2 Å². The highest BCUT2D eigenvalue weighted by atomic mass is 19.1. The Morgan fingerprint density at radius 3 is 2.52 bits per heavy atom. The lowest BCUT2D eigenvalue weighted by Crippen LogP contribution is -2.15. The van der Waals surface area contributed by atoms with Gasteiger partial charge in [-0.25, -0.2) is 9.18 Å². The van der Waals surface area contributed by atoms with Crippen molar-refractivity contribution in [1.82, 2.24) is 10.2 Å². The van der Waals surface area contributed by atoms with Gasteiger partial charge < -0.3 is 15.4 Å². The minimum absolute atomic E-state index is 0.137. The predicted octanol–water partition coefficient (Wildman–Crippen LogP) is 3.31. The molecule has 2 N–H and O–H groups in total. The summed E-state index contributed by atoms with van der Waals surface area (Å²) >= 11 is 0. The van der Waals surface area contributed by atoms with Gasteiger partial charge in [0.05, 0.1) is 12.7 Å². The van der Waals surface area contributed by atoms with Gasteiger partial charge in [0.2, 0.25) is 0 Å². The van der Waals surface area contributed by atoms with Gasteiger partial charge in [-0.2, -0.15) is 0 Å². The molecule has 0 bridgehead atoms. The van der Waals surface area contributed by atoms with E-state index < -0.39 is 11.9 Å². The average Bonchev–Trinajstić information content (AvgIpc) is 2.75. The molecule has 0 aliphatic heterocycles. The van der Waals surface area contributed by atoms with Gasteiger partial charge in [0, 0.05) is 12.2 Å². The van der Waals surface area contributed by atoms with Crippen molar-refractivity contribution in [1.29, 1.82) is 0 Å². The Balaban J connectivity index is 1.54. The summed E-state index contributed by atoms with van der Waals surface area (Å²) < 4.78 is 17.6.